The summed E-state index contributed by atoms with van der Waals surface area (Å²) >= 11 is 0. The van der Waals surface area contributed by atoms with Crippen LogP contribution in [0.15, 0.2) is 41.4 Å². The molecule has 0 radical (unpaired) electrons. The number of pyridine rings is 1. The summed E-state index contributed by atoms with van der Waals surface area (Å²) in [6.07, 6.45) is 1.24. The van der Waals surface area contributed by atoms with Gasteiger partial charge in [-0.3, -0.25) is 4.72 Å². The first kappa shape index (κ1) is 18.8. The highest BCUT2D eigenvalue weighted by atomic mass is 32.2. The molecule has 134 valence electrons. The summed E-state index contributed by atoms with van der Waals surface area (Å²) in [7, 11) is -4.45. The Bertz CT molecular complexity index is 814. The molecule has 0 aliphatic rings. The van der Waals surface area contributed by atoms with Crippen LogP contribution in [0.5, 0.6) is 11.5 Å². The highest BCUT2D eigenvalue weighted by Crippen LogP contribution is 2.27. The molecular weight excluding hydrogens is 349 g/mol. The zero-order valence-electron chi connectivity index (χ0n) is 13.6. The molecule has 11 heteroatoms. The zero-order chi connectivity index (χ0) is 18.4. The minimum absolute atomic E-state index is 0.0101. The molecule has 0 aliphatic carbocycles. The molecule has 0 amide bonds. The van der Waals surface area contributed by atoms with E-state index in [1.165, 1.54) is 43.6 Å². The second-order valence-electron chi connectivity index (χ2n) is 4.82. The van der Waals surface area contributed by atoms with Crippen molar-refractivity contribution in [1.82, 2.24) is 4.98 Å². The Morgan fingerprint density at radius 1 is 1.20 bits per heavy atom. The first-order valence-electron chi connectivity index (χ1n) is 7.29. The highest BCUT2D eigenvalue weighted by Gasteiger charge is 2.19. The fourth-order valence-electron chi connectivity index (χ4n) is 1.98. The van der Waals surface area contributed by atoms with Crippen LogP contribution in [0.3, 0.4) is 0 Å². The van der Waals surface area contributed by atoms with Crippen molar-refractivity contribution in [2.24, 2.45) is 0 Å². The lowest BCUT2D eigenvalue weighted by Crippen LogP contribution is -2.21. The molecule has 0 fully saturated rings. The molecule has 0 bridgehead atoms. The molecule has 0 saturated heterocycles. The number of anilines is 2. The fraction of sp³-hybridized carbons (Fsp3) is 0.214. The van der Waals surface area contributed by atoms with Gasteiger partial charge in [0.05, 0.1) is 23.9 Å². The van der Waals surface area contributed by atoms with Crippen LogP contribution in [-0.2, 0) is 10.0 Å². The van der Waals surface area contributed by atoms with Crippen LogP contribution in [0.25, 0.3) is 0 Å². The monoisotopic (exact) mass is 367 g/mol. The van der Waals surface area contributed by atoms with Crippen molar-refractivity contribution in [3.8, 4) is 11.5 Å². The van der Waals surface area contributed by atoms with Gasteiger partial charge in [-0.25, -0.2) is 13.4 Å². The summed E-state index contributed by atoms with van der Waals surface area (Å²) in [5.74, 6) is 0.796. The molecule has 0 spiro atoms. The summed E-state index contributed by atoms with van der Waals surface area (Å²) < 4.78 is 37.2. The minimum Gasteiger partial charge on any atom is -0.511 e. The van der Waals surface area contributed by atoms with E-state index >= 15 is 0 Å². The predicted molar refractivity (Wildman–Crippen MR) is 93.0 cm³/mol. The molecule has 1 heterocycles. The lowest BCUT2D eigenvalue weighted by molar-refractivity contribution is 0.288. The maximum Gasteiger partial charge on any atom is 0.707 e. The van der Waals surface area contributed by atoms with E-state index in [2.05, 4.69) is 15.0 Å². The maximum atomic E-state index is 12.5. The van der Waals surface area contributed by atoms with Crippen molar-refractivity contribution >= 4 is 28.8 Å². The number of rotatable bonds is 8. The van der Waals surface area contributed by atoms with E-state index in [9.17, 15) is 8.42 Å². The molecule has 2 rings (SSSR count). The zero-order valence-corrected chi connectivity index (χ0v) is 14.4. The third-order valence-corrected chi connectivity index (χ3v) is 4.44. The number of hydrogen-bond acceptors (Lipinski definition) is 8. The summed E-state index contributed by atoms with van der Waals surface area (Å²) in [6, 6.07) is 7.16. The van der Waals surface area contributed by atoms with Gasteiger partial charge in [-0.2, -0.15) is 0 Å². The molecule has 0 unspecified atom stereocenters. The molecule has 0 saturated carbocycles. The Morgan fingerprint density at radius 3 is 2.44 bits per heavy atom. The number of hydrogen-bond donors (Lipinski definition) is 4. The van der Waals surface area contributed by atoms with Crippen molar-refractivity contribution in [1.29, 1.82) is 0 Å². The second-order valence-corrected chi connectivity index (χ2v) is 6.51. The summed E-state index contributed by atoms with van der Waals surface area (Å²) in [4.78, 5) is 4.05. The average molecular weight is 367 g/mol. The topological polar surface area (TPSA) is 130 Å². The van der Waals surface area contributed by atoms with E-state index in [1.807, 2.05) is 6.92 Å². The van der Waals surface area contributed by atoms with Gasteiger partial charge in [0, 0.05) is 12.6 Å². The van der Waals surface area contributed by atoms with E-state index in [0.717, 1.165) is 0 Å². The maximum absolute atomic E-state index is 12.5. The Balaban J connectivity index is 2.34. The van der Waals surface area contributed by atoms with Gasteiger partial charge in [0.15, 0.2) is 5.82 Å². The first-order valence-corrected chi connectivity index (χ1v) is 8.77. The third kappa shape index (κ3) is 4.99. The van der Waals surface area contributed by atoms with E-state index in [4.69, 9.17) is 19.4 Å². The third-order valence-electron chi connectivity index (χ3n) is 3.06. The molecule has 9 nitrogen and oxygen atoms in total. The lowest BCUT2D eigenvalue weighted by Gasteiger charge is -2.14. The van der Waals surface area contributed by atoms with Crippen LogP contribution >= 0.6 is 0 Å². The van der Waals surface area contributed by atoms with Gasteiger partial charge in [0.1, 0.15) is 11.5 Å². The van der Waals surface area contributed by atoms with Gasteiger partial charge < -0.3 is 24.8 Å². The van der Waals surface area contributed by atoms with Crippen molar-refractivity contribution < 1.29 is 27.9 Å². The van der Waals surface area contributed by atoms with Crippen molar-refractivity contribution in [2.45, 2.75) is 11.8 Å². The smallest absolute Gasteiger partial charge is 0.511 e. The minimum atomic E-state index is -3.89. The number of methoxy groups -OCH3 is 1. The molecular formula is C14H18BN3O6S. The number of sulfonamides is 1. The lowest BCUT2D eigenvalue weighted by atomic mass is 10.2. The van der Waals surface area contributed by atoms with E-state index in [0.29, 0.717) is 12.3 Å². The van der Waals surface area contributed by atoms with Crippen LogP contribution in [0.1, 0.15) is 6.92 Å². The molecule has 1 aromatic carbocycles. The van der Waals surface area contributed by atoms with Gasteiger partial charge in [-0.1, -0.05) is 0 Å². The summed E-state index contributed by atoms with van der Waals surface area (Å²) in [6.45, 7) is 2.33. The number of benzene rings is 1. The van der Waals surface area contributed by atoms with Crippen molar-refractivity contribution in [3.05, 3.63) is 36.5 Å². The highest BCUT2D eigenvalue weighted by molar-refractivity contribution is 7.92. The van der Waals surface area contributed by atoms with E-state index in [-0.39, 0.29) is 22.2 Å². The summed E-state index contributed by atoms with van der Waals surface area (Å²) in [5.41, 5.74) is 0.107. The van der Waals surface area contributed by atoms with Crippen LogP contribution in [0.4, 0.5) is 11.5 Å². The molecule has 0 atom stereocenters. The second kappa shape index (κ2) is 8.05. The molecule has 4 N–H and O–H groups in total. The van der Waals surface area contributed by atoms with Crippen molar-refractivity contribution in [2.75, 3.05) is 23.7 Å². The Labute approximate surface area is 145 Å². The largest absolute Gasteiger partial charge is 0.707 e. The SMILES string of the molecule is CCNc1ncc(OB(O)O)cc1NS(=O)(=O)c1ccc(OC)cc1. The fourth-order valence-corrected chi connectivity index (χ4v) is 3.03. The van der Waals surface area contributed by atoms with Crippen LogP contribution < -0.4 is 19.4 Å². The quantitative estimate of drug-likeness (QED) is 0.501. The van der Waals surface area contributed by atoms with Gasteiger partial charge >= 0.3 is 7.32 Å². The molecule has 2 aromatic rings. The van der Waals surface area contributed by atoms with Gasteiger partial charge in [0.25, 0.3) is 10.0 Å². The van der Waals surface area contributed by atoms with Gasteiger partial charge in [-0.15, -0.1) is 0 Å². The Kier molecular flexibility index (Phi) is 6.07. The average Bonchev–Trinajstić information content (AvgIpc) is 2.56. The standard InChI is InChI=1S/C14H18BN3O6S/c1-3-16-14-13(8-11(9-17-14)24-15(19)20)18-25(21,22)12-6-4-10(23-2)5-7-12/h4-9,18-20H,3H2,1-2H3,(H,16,17). The van der Waals surface area contributed by atoms with E-state index < -0.39 is 17.3 Å². The van der Waals surface area contributed by atoms with E-state index in [1.54, 1.807) is 0 Å². The van der Waals surface area contributed by atoms with Gasteiger partial charge in [0.2, 0.25) is 0 Å². The molecule has 25 heavy (non-hydrogen) atoms. The summed E-state index contributed by atoms with van der Waals surface area (Å²) in [5, 5.41) is 20.6. The molecule has 1 aromatic heterocycles. The number of ether oxygens (including phenoxy) is 1. The van der Waals surface area contributed by atoms with Crippen LogP contribution in [0.2, 0.25) is 0 Å². The number of nitrogens with one attached hydrogen (secondary N) is 2. The Morgan fingerprint density at radius 2 is 1.88 bits per heavy atom. The number of aromatic nitrogens is 1. The normalized spacial score (nSPS) is 10.9. The predicted octanol–water partition coefficient (Wildman–Crippen LogP) is 0.671. The van der Waals surface area contributed by atoms with Gasteiger partial charge in [-0.05, 0) is 31.2 Å². The Hall–Kier alpha value is -2.50. The van der Waals surface area contributed by atoms with Crippen LogP contribution in [0, 0.1) is 0 Å². The van der Waals surface area contributed by atoms with Crippen LogP contribution in [-0.4, -0.2) is 44.4 Å². The first-order chi connectivity index (χ1) is 11.9. The molecule has 0 aliphatic heterocycles. The number of nitrogens with zero attached hydrogens (tertiary/aromatic N) is 1. The van der Waals surface area contributed by atoms with Crippen molar-refractivity contribution in [3.63, 3.8) is 0 Å².